The Bertz CT molecular complexity index is 987. The van der Waals surface area contributed by atoms with Gasteiger partial charge in [-0.25, -0.2) is 9.59 Å². The van der Waals surface area contributed by atoms with E-state index in [9.17, 15) is 9.59 Å². The molecule has 0 N–H and O–H groups in total. The molecule has 0 spiro atoms. The average Bonchev–Trinajstić information content (AvgIpc) is 2.74. The summed E-state index contributed by atoms with van der Waals surface area (Å²) in [5, 5.41) is 0. The Morgan fingerprint density at radius 3 is 1.59 bits per heavy atom. The molecule has 0 saturated heterocycles. The fourth-order valence-electron chi connectivity index (χ4n) is 2.44. The molecule has 3 aromatic carbocycles. The molecule has 0 unspecified atom stereocenters. The molecule has 0 aliphatic carbocycles. The zero-order valence-corrected chi connectivity index (χ0v) is 16.0. The highest BCUT2D eigenvalue weighted by Crippen LogP contribution is 2.20. The first-order valence-corrected chi connectivity index (χ1v) is 9.00. The highest BCUT2D eigenvalue weighted by atomic mass is 16.5. The van der Waals surface area contributed by atoms with Gasteiger partial charge in [0, 0.05) is 0 Å². The van der Waals surface area contributed by atoms with Crippen LogP contribution in [0.4, 0.5) is 0 Å². The minimum absolute atomic E-state index is 0.345. The van der Waals surface area contributed by atoms with E-state index in [1.54, 1.807) is 66.7 Å². The molecule has 3 aromatic rings. The first kappa shape index (κ1) is 19.9. The molecule has 0 aliphatic rings. The number of rotatable bonds is 7. The van der Waals surface area contributed by atoms with Crippen LogP contribution in [-0.4, -0.2) is 18.5 Å². The van der Waals surface area contributed by atoms with Gasteiger partial charge in [0.05, 0.1) is 11.1 Å². The van der Waals surface area contributed by atoms with Crippen LogP contribution in [0.2, 0.25) is 0 Å². The summed E-state index contributed by atoms with van der Waals surface area (Å²) in [5.41, 5.74) is 1.92. The number of benzene rings is 3. The van der Waals surface area contributed by atoms with E-state index < -0.39 is 11.9 Å². The first-order chi connectivity index (χ1) is 14.0. The van der Waals surface area contributed by atoms with Crippen LogP contribution in [0.25, 0.3) is 0 Å². The summed E-state index contributed by atoms with van der Waals surface area (Å²) in [6.45, 7) is 5.92. The lowest BCUT2D eigenvalue weighted by atomic mass is 10.1. The molecule has 5 nitrogen and oxygen atoms in total. The number of hydrogen-bond donors (Lipinski definition) is 0. The highest BCUT2D eigenvalue weighted by molar-refractivity contribution is 5.92. The van der Waals surface area contributed by atoms with Crippen molar-refractivity contribution in [3.05, 3.63) is 102 Å². The van der Waals surface area contributed by atoms with Crippen LogP contribution in [0.3, 0.4) is 0 Å². The van der Waals surface area contributed by atoms with Crippen molar-refractivity contribution < 1.29 is 23.8 Å². The summed E-state index contributed by atoms with van der Waals surface area (Å²) in [5.74, 6) is 0.399. The van der Waals surface area contributed by atoms with E-state index in [0.29, 0.717) is 35.0 Å². The quantitative estimate of drug-likeness (QED) is 0.324. The zero-order chi connectivity index (χ0) is 20.6. The van der Waals surface area contributed by atoms with Crippen molar-refractivity contribution in [1.29, 1.82) is 0 Å². The van der Waals surface area contributed by atoms with Gasteiger partial charge in [0.2, 0.25) is 0 Å². The lowest BCUT2D eigenvalue weighted by Gasteiger charge is -2.08. The van der Waals surface area contributed by atoms with E-state index >= 15 is 0 Å². The molecule has 0 atom stereocenters. The smallest absolute Gasteiger partial charge is 0.343 e. The molecule has 3 rings (SSSR count). The molecular weight excluding hydrogens is 368 g/mol. The minimum atomic E-state index is -0.496. The summed E-state index contributed by atoms with van der Waals surface area (Å²) < 4.78 is 16.1. The van der Waals surface area contributed by atoms with Crippen LogP contribution in [0.15, 0.2) is 85.5 Å². The van der Waals surface area contributed by atoms with E-state index in [4.69, 9.17) is 14.2 Å². The summed E-state index contributed by atoms with van der Waals surface area (Å²) in [4.78, 5) is 24.4. The minimum Gasteiger partial charge on any atom is -0.490 e. The standard InChI is InChI=1S/C24H20O5/c1-3-16-27-20-10-8-19(9-11-20)24(26)29-22-14-12-21(13-15-22)28-23(25)18-6-4-17(2)5-7-18/h3-15H,1,16H2,2H3. The monoisotopic (exact) mass is 388 g/mol. The van der Waals surface area contributed by atoms with Crippen molar-refractivity contribution in [1.82, 2.24) is 0 Å². The van der Waals surface area contributed by atoms with E-state index in [1.807, 2.05) is 19.1 Å². The number of hydrogen-bond acceptors (Lipinski definition) is 5. The number of aryl methyl sites for hydroxylation is 1. The summed E-state index contributed by atoms with van der Waals surface area (Å²) >= 11 is 0. The van der Waals surface area contributed by atoms with Gasteiger partial charge >= 0.3 is 11.9 Å². The number of carbonyl (C=O) groups is 2. The molecule has 0 saturated carbocycles. The largest absolute Gasteiger partial charge is 0.490 e. The Balaban J connectivity index is 1.58. The maximum absolute atomic E-state index is 12.3. The highest BCUT2D eigenvalue weighted by Gasteiger charge is 2.11. The Kier molecular flexibility index (Phi) is 6.43. The van der Waals surface area contributed by atoms with Gasteiger partial charge in [0.25, 0.3) is 0 Å². The Labute approximate surface area is 169 Å². The molecule has 0 heterocycles. The maximum atomic E-state index is 12.3. The first-order valence-electron chi connectivity index (χ1n) is 9.00. The molecular formula is C24H20O5. The van der Waals surface area contributed by atoms with Crippen LogP contribution in [0, 0.1) is 6.92 Å². The lowest BCUT2D eigenvalue weighted by molar-refractivity contribution is 0.0719. The topological polar surface area (TPSA) is 61.8 Å². The van der Waals surface area contributed by atoms with Gasteiger partial charge < -0.3 is 14.2 Å². The Hall–Kier alpha value is -3.86. The number of carbonyl (C=O) groups excluding carboxylic acids is 2. The van der Waals surface area contributed by atoms with Crippen LogP contribution >= 0.6 is 0 Å². The average molecular weight is 388 g/mol. The van der Waals surface area contributed by atoms with Crippen molar-refractivity contribution in [2.75, 3.05) is 6.61 Å². The second kappa shape index (κ2) is 9.37. The summed E-state index contributed by atoms with van der Waals surface area (Å²) in [6, 6.07) is 20.0. The van der Waals surface area contributed by atoms with Gasteiger partial charge in [-0.3, -0.25) is 0 Å². The fourth-order valence-corrected chi connectivity index (χ4v) is 2.44. The Morgan fingerprint density at radius 2 is 1.14 bits per heavy atom. The second-order valence-corrected chi connectivity index (χ2v) is 6.24. The van der Waals surface area contributed by atoms with E-state index in [0.717, 1.165) is 5.56 Å². The maximum Gasteiger partial charge on any atom is 0.343 e. The predicted molar refractivity (Wildman–Crippen MR) is 110 cm³/mol. The van der Waals surface area contributed by atoms with Crippen molar-refractivity contribution in [3.63, 3.8) is 0 Å². The third-order valence-electron chi connectivity index (χ3n) is 3.99. The van der Waals surface area contributed by atoms with E-state index in [2.05, 4.69) is 6.58 Å². The van der Waals surface area contributed by atoms with Crippen LogP contribution in [0.1, 0.15) is 26.3 Å². The van der Waals surface area contributed by atoms with E-state index in [1.165, 1.54) is 0 Å². The normalized spacial score (nSPS) is 10.1. The van der Waals surface area contributed by atoms with Crippen molar-refractivity contribution in [2.24, 2.45) is 0 Å². The van der Waals surface area contributed by atoms with Crippen molar-refractivity contribution >= 4 is 11.9 Å². The van der Waals surface area contributed by atoms with Crippen LogP contribution in [0.5, 0.6) is 17.2 Å². The van der Waals surface area contributed by atoms with Gasteiger partial charge in [-0.05, 0) is 67.6 Å². The third kappa shape index (κ3) is 5.56. The van der Waals surface area contributed by atoms with Crippen molar-refractivity contribution in [3.8, 4) is 17.2 Å². The third-order valence-corrected chi connectivity index (χ3v) is 3.99. The summed E-state index contributed by atoms with van der Waals surface area (Å²) in [6.07, 6.45) is 1.64. The van der Waals surface area contributed by atoms with E-state index in [-0.39, 0.29) is 0 Å². The lowest BCUT2D eigenvalue weighted by Crippen LogP contribution is -2.09. The van der Waals surface area contributed by atoms with Crippen LogP contribution < -0.4 is 14.2 Å². The number of esters is 2. The molecule has 29 heavy (non-hydrogen) atoms. The SMILES string of the molecule is C=CCOc1ccc(C(=O)Oc2ccc(OC(=O)c3ccc(C)cc3)cc2)cc1. The van der Waals surface area contributed by atoms with Gasteiger partial charge in [0.1, 0.15) is 23.9 Å². The van der Waals surface area contributed by atoms with Gasteiger partial charge in [-0.1, -0.05) is 30.4 Å². The Morgan fingerprint density at radius 1 is 0.724 bits per heavy atom. The molecule has 0 aromatic heterocycles. The molecule has 0 fully saturated rings. The molecule has 5 heteroatoms. The molecule has 0 aliphatic heterocycles. The molecule has 0 amide bonds. The predicted octanol–water partition coefficient (Wildman–Crippen LogP) is 5.00. The molecule has 146 valence electrons. The van der Waals surface area contributed by atoms with Gasteiger partial charge in [-0.15, -0.1) is 0 Å². The van der Waals surface area contributed by atoms with Crippen molar-refractivity contribution in [2.45, 2.75) is 6.92 Å². The van der Waals surface area contributed by atoms with Gasteiger partial charge in [0.15, 0.2) is 0 Å². The zero-order valence-electron chi connectivity index (χ0n) is 16.0. The van der Waals surface area contributed by atoms with Gasteiger partial charge in [-0.2, -0.15) is 0 Å². The second-order valence-electron chi connectivity index (χ2n) is 6.24. The summed E-state index contributed by atoms with van der Waals surface area (Å²) in [7, 11) is 0. The fraction of sp³-hybridized carbons (Fsp3) is 0.0833. The van der Waals surface area contributed by atoms with Crippen LogP contribution in [-0.2, 0) is 0 Å². The molecule has 0 radical (unpaired) electrons. The molecule has 0 bridgehead atoms. The number of ether oxygens (including phenoxy) is 3.